The number of thiocarbonyl (C=S) groups is 1. The molecule has 0 bridgehead atoms. The van der Waals surface area contributed by atoms with Crippen LogP contribution in [0.5, 0.6) is 0 Å². The topological polar surface area (TPSA) is 69.4 Å². The van der Waals surface area contributed by atoms with Gasteiger partial charge in [0, 0.05) is 18.3 Å². The third-order valence-electron chi connectivity index (χ3n) is 2.44. The quantitative estimate of drug-likeness (QED) is 0.763. The summed E-state index contributed by atoms with van der Waals surface area (Å²) in [4.78, 5) is 4.55. The Morgan fingerprint density at radius 2 is 2.47 bits per heavy atom. The monoisotopic (exact) mass is 253 g/mol. The minimum atomic E-state index is 0.0686. The average molecular weight is 253 g/mol. The molecule has 1 fully saturated rings. The predicted octanol–water partition coefficient (Wildman–Crippen LogP) is 0.543. The molecule has 3 N–H and O–H groups in total. The van der Waals surface area contributed by atoms with Crippen LogP contribution >= 0.6 is 12.2 Å². The Kier molecular flexibility index (Phi) is 4.24. The molecule has 6 heteroatoms. The van der Waals surface area contributed by atoms with Gasteiger partial charge in [-0.3, -0.25) is 0 Å². The maximum Gasteiger partial charge on any atom is 0.126 e. The van der Waals surface area contributed by atoms with E-state index in [2.05, 4.69) is 10.3 Å². The molecule has 0 spiro atoms. The highest BCUT2D eigenvalue weighted by molar-refractivity contribution is 7.80. The zero-order valence-corrected chi connectivity index (χ0v) is 10.2. The van der Waals surface area contributed by atoms with Crippen LogP contribution in [-0.2, 0) is 9.47 Å². The molecule has 0 aromatic carbocycles. The van der Waals surface area contributed by atoms with Crippen LogP contribution in [0.1, 0.15) is 5.56 Å². The first kappa shape index (κ1) is 12.2. The number of aromatic nitrogens is 1. The standard InChI is InChI=1S/C11H15N3O2S/c12-11(17)8-1-2-13-10(5-8)14-6-9-7-15-3-4-16-9/h1-2,5,9H,3-4,6-7H2,(H2,12,17)(H,13,14). The highest BCUT2D eigenvalue weighted by atomic mass is 32.1. The Morgan fingerprint density at radius 1 is 1.59 bits per heavy atom. The van der Waals surface area contributed by atoms with Crippen LogP contribution in [0.3, 0.4) is 0 Å². The second-order valence-electron chi connectivity index (χ2n) is 3.74. The van der Waals surface area contributed by atoms with Crippen LogP contribution in [0.25, 0.3) is 0 Å². The summed E-state index contributed by atoms with van der Waals surface area (Å²) >= 11 is 4.91. The second-order valence-corrected chi connectivity index (χ2v) is 4.18. The van der Waals surface area contributed by atoms with Crippen LogP contribution in [0.15, 0.2) is 18.3 Å². The van der Waals surface area contributed by atoms with Crippen molar-refractivity contribution >= 4 is 23.0 Å². The first-order valence-electron chi connectivity index (χ1n) is 5.45. The van der Waals surface area contributed by atoms with Crippen molar-refractivity contribution < 1.29 is 9.47 Å². The van der Waals surface area contributed by atoms with Crippen molar-refractivity contribution in [2.45, 2.75) is 6.10 Å². The number of nitrogens with one attached hydrogen (secondary N) is 1. The molecule has 2 rings (SSSR count). The molecule has 92 valence electrons. The van der Waals surface area contributed by atoms with Crippen molar-refractivity contribution in [2.24, 2.45) is 5.73 Å². The predicted molar refractivity (Wildman–Crippen MR) is 69.2 cm³/mol. The van der Waals surface area contributed by atoms with E-state index in [9.17, 15) is 0 Å². The number of ether oxygens (including phenoxy) is 2. The molecule has 0 aliphatic carbocycles. The molecule has 1 saturated heterocycles. The molecule has 2 heterocycles. The third kappa shape index (κ3) is 3.62. The van der Waals surface area contributed by atoms with Gasteiger partial charge in [0.25, 0.3) is 0 Å². The molecule has 0 saturated carbocycles. The fourth-order valence-electron chi connectivity index (χ4n) is 1.55. The van der Waals surface area contributed by atoms with Crippen LogP contribution in [0.2, 0.25) is 0 Å². The van der Waals surface area contributed by atoms with E-state index in [-0.39, 0.29) is 6.10 Å². The Balaban J connectivity index is 1.89. The van der Waals surface area contributed by atoms with Gasteiger partial charge in [-0.05, 0) is 12.1 Å². The molecule has 17 heavy (non-hydrogen) atoms. The molecule has 0 radical (unpaired) electrons. The Labute approximate surface area is 105 Å². The number of hydrogen-bond donors (Lipinski definition) is 2. The molecular weight excluding hydrogens is 238 g/mol. The van der Waals surface area contributed by atoms with Gasteiger partial charge in [0.2, 0.25) is 0 Å². The van der Waals surface area contributed by atoms with E-state index in [4.69, 9.17) is 27.4 Å². The molecule has 1 aliphatic rings. The van der Waals surface area contributed by atoms with Gasteiger partial charge in [0.05, 0.1) is 25.9 Å². The van der Waals surface area contributed by atoms with Gasteiger partial charge in [0.1, 0.15) is 10.8 Å². The number of hydrogen-bond acceptors (Lipinski definition) is 5. The Morgan fingerprint density at radius 3 is 3.18 bits per heavy atom. The first-order chi connectivity index (χ1) is 8.25. The highest BCUT2D eigenvalue weighted by Crippen LogP contribution is 2.08. The zero-order valence-electron chi connectivity index (χ0n) is 9.39. The van der Waals surface area contributed by atoms with Gasteiger partial charge >= 0.3 is 0 Å². The van der Waals surface area contributed by atoms with Crippen molar-refractivity contribution in [3.8, 4) is 0 Å². The van der Waals surface area contributed by atoms with Gasteiger partial charge in [-0.2, -0.15) is 0 Å². The molecule has 0 amide bonds. The largest absolute Gasteiger partial charge is 0.389 e. The Bertz CT molecular complexity index is 394. The normalized spacial score (nSPS) is 19.9. The maximum atomic E-state index is 5.55. The minimum absolute atomic E-state index is 0.0686. The van der Waals surface area contributed by atoms with Crippen LogP contribution in [0.4, 0.5) is 5.82 Å². The number of rotatable bonds is 4. The fourth-order valence-corrected chi connectivity index (χ4v) is 1.68. The SMILES string of the molecule is NC(=S)c1ccnc(NCC2COCCO2)c1. The van der Waals surface area contributed by atoms with E-state index in [0.29, 0.717) is 31.4 Å². The molecule has 1 aromatic rings. The van der Waals surface area contributed by atoms with Crippen molar-refractivity contribution in [3.63, 3.8) is 0 Å². The fraction of sp³-hybridized carbons (Fsp3) is 0.455. The van der Waals surface area contributed by atoms with E-state index in [1.165, 1.54) is 0 Å². The van der Waals surface area contributed by atoms with Gasteiger partial charge in [0.15, 0.2) is 0 Å². The van der Waals surface area contributed by atoms with Crippen molar-refractivity contribution in [2.75, 3.05) is 31.7 Å². The van der Waals surface area contributed by atoms with Crippen molar-refractivity contribution in [1.82, 2.24) is 4.98 Å². The molecule has 1 aromatic heterocycles. The summed E-state index contributed by atoms with van der Waals surface area (Å²) in [5, 5.41) is 3.18. The van der Waals surface area contributed by atoms with Gasteiger partial charge in [-0.15, -0.1) is 0 Å². The summed E-state index contributed by atoms with van der Waals surface area (Å²) in [6.45, 7) is 2.59. The summed E-state index contributed by atoms with van der Waals surface area (Å²) in [5.74, 6) is 0.740. The summed E-state index contributed by atoms with van der Waals surface area (Å²) in [6.07, 6.45) is 1.74. The van der Waals surface area contributed by atoms with Gasteiger partial charge < -0.3 is 20.5 Å². The number of pyridine rings is 1. The summed E-state index contributed by atoms with van der Waals surface area (Å²) in [6, 6.07) is 3.61. The van der Waals surface area contributed by atoms with Gasteiger partial charge in [-0.1, -0.05) is 12.2 Å². The second kappa shape index (κ2) is 5.90. The molecule has 1 unspecified atom stereocenters. The summed E-state index contributed by atoms with van der Waals surface area (Å²) < 4.78 is 10.8. The van der Waals surface area contributed by atoms with E-state index >= 15 is 0 Å². The van der Waals surface area contributed by atoms with E-state index in [0.717, 1.165) is 11.4 Å². The highest BCUT2D eigenvalue weighted by Gasteiger charge is 2.13. The Hall–Kier alpha value is -1.24. The first-order valence-corrected chi connectivity index (χ1v) is 5.85. The lowest BCUT2D eigenvalue weighted by atomic mass is 10.2. The van der Waals surface area contributed by atoms with E-state index in [1.54, 1.807) is 12.3 Å². The van der Waals surface area contributed by atoms with Crippen LogP contribution < -0.4 is 11.1 Å². The van der Waals surface area contributed by atoms with Gasteiger partial charge in [-0.25, -0.2) is 4.98 Å². The van der Waals surface area contributed by atoms with Crippen molar-refractivity contribution in [3.05, 3.63) is 23.9 Å². The van der Waals surface area contributed by atoms with Crippen molar-refractivity contribution in [1.29, 1.82) is 0 Å². The molecular formula is C11H15N3O2S. The molecule has 5 nitrogen and oxygen atoms in total. The smallest absolute Gasteiger partial charge is 0.126 e. The molecule has 1 atom stereocenters. The number of anilines is 1. The lowest BCUT2D eigenvalue weighted by Gasteiger charge is -2.23. The van der Waals surface area contributed by atoms with E-state index in [1.807, 2.05) is 6.07 Å². The van der Waals surface area contributed by atoms with E-state index < -0.39 is 0 Å². The number of nitrogens with zero attached hydrogens (tertiary/aromatic N) is 1. The summed E-state index contributed by atoms with van der Waals surface area (Å²) in [7, 11) is 0. The third-order valence-corrected chi connectivity index (χ3v) is 2.68. The number of nitrogens with two attached hydrogens (primary N) is 1. The molecule has 1 aliphatic heterocycles. The maximum absolute atomic E-state index is 5.55. The zero-order chi connectivity index (χ0) is 12.1. The van der Waals surface area contributed by atoms with Crippen LogP contribution in [0, 0.1) is 0 Å². The average Bonchev–Trinajstić information content (AvgIpc) is 2.38. The summed E-state index contributed by atoms with van der Waals surface area (Å²) in [5.41, 5.74) is 6.36. The lowest BCUT2D eigenvalue weighted by molar-refractivity contribution is -0.0819. The van der Waals surface area contributed by atoms with Crippen LogP contribution in [-0.4, -0.2) is 42.4 Å². The minimum Gasteiger partial charge on any atom is -0.389 e. The lowest BCUT2D eigenvalue weighted by Crippen LogP contribution is -2.34.